The molecule has 0 spiro atoms. The van der Waals surface area contributed by atoms with Gasteiger partial charge in [0, 0.05) is 12.1 Å². The Hall–Kier alpha value is -2.51. The van der Waals surface area contributed by atoms with E-state index in [-0.39, 0.29) is 6.79 Å². The van der Waals surface area contributed by atoms with E-state index in [4.69, 9.17) is 21.1 Å². The minimum absolute atomic E-state index is 0.220. The molecule has 6 nitrogen and oxygen atoms in total. The maximum absolute atomic E-state index is 12.0. The van der Waals surface area contributed by atoms with Crippen LogP contribution in [0.4, 0.5) is 15.6 Å². The number of nitrogens with zero attached hydrogens (tertiary/aromatic N) is 1. The van der Waals surface area contributed by atoms with Gasteiger partial charge >= 0.3 is 6.03 Å². The van der Waals surface area contributed by atoms with Crippen LogP contribution in [0.2, 0.25) is 5.02 Å². The van der Waals surface area contributed by atoms with Crippen molar-refractivity contribution in [3.05, 3.63) is 41.4 Å². The van der Waals surface area contributed by atoms with E-state index in [1.54, 1.807) is 30.3 Å². The zero-order chi connectivity index (χ0) is 15.8. The van der Waals surface area contributed by atoms with Crippen molar-refractivity contribution < 1.29 is 14.3 Å². The van der Waals surface area contributed by atoms with Crippen molar-refractivity contribution in [3.63, 3.8) is 0 Å². The van der Waals surface area contributed by atoms with Crippen molar-refractivity contribution in [2.75, 3.05) is 17.4 Å². The Morgan fingerprint density at radius 3 is 2.78 bits per heavy atom. The fourth-order valence-electron chi connectivity index (χ4n) is 2.18. The van der Waals surface area contributed by atoms with Crippen molar-refractivity contribution in [1.82, 2.24) is 4.98 Å². The lowest BCUT2D eigenvalue weighted by Crippen LogP contribution is -2.19. The van der Waals surface area contributed by atoms with Gasteiger partial charge < -0.3 is 14.8 Å². The molecule has 1 aliphatic rings. The molecule has 2 N–H and O–H groups in total. The second kappa shape index (κ2) is 5.60. The van der Waals surface area contributed by atoms with E-state index in [9.17, 15) is 4.79 Å². The Labute approximate surface area is 140 Å². The fraction of sp³-hybridized carbons (Fsp3) is 0.0667. The first-order valence-electron chi connectivity index (χ1n) is 6.72. The summed E-state index contributed by atoms with van der Waals surface area (Å²) in [7, 11) is 0. The highest BCUT2D eigenvalue weighted by Crippen LogP contribution is 2.38. The van der Waals surface area contributed by atoms with E-state index >= 15 is 0 Å². The van der Waals surface area contributed by atoms with Crippen LogP contribution in [0.15, 0.2) is 36.4 Å². The third kappa shape index (κ3) is 2.76. The number of carbonyl (C=O) groups is 1. The molecule has 0 saturated carbocycles. The minimum Gasteiger partial charge on any atom is -0.454 e. The lowest BCUT2D eigenvalue weighted by atomic mass is 10.3. The number of amides is 2. The van der Waals surface area contributed by atoms with Crippen molar-refractivity contribution in [2.45, 2.75) is 0 Å². The normalized spacial score (nSPS) is 12.4. The number of para-hydroxylation sites is 1. The van der Waals surface area contributed by atoms with Crippen LogP contribution in [0.25, 0.3) is 10.2 Å². The van der Waals surface area contributed by atoms with Gasteiger partial charge in [-0.05, 0) is 12.1 Å². The standard InChI is InChI=1S/C15H10ClN3O3S/c16-8-3-1-2-4-9(8)17-14(20)19-15-18-10-5-11-12(22-7-21-11)6-13(10)23-15/h1-6H,7H2,(H2,17,18,19,20). The molecule has 3 aromatic rings. The molecule has 2 amide bonds. The Kier molecular flexibility index (Phi) is 3.44. The van der Waals surface area contributed by atoms with Crippen LogP contribution in [0.5, 0.6) is 11.5 Å². The molecule has 0 saturated heterocycles. The number of anilines is 2. The van der Waals surface area contributed by atoms with E-state index in [2.05, 4.69) is 15.6 Å². The van der Waals surface area contributed by atoms with Gasteiger partial charge in [0.2, 0.25) is 6.79 Å². The maximum atomic E-state index is 12.0. The molecule has 0 atom stereocenters. The van der Waals surface area contributed by atoms with Crippen molar-refractivity contribution in [2.24, 2.45) is 0 Å². The predicted octanol–water partition coefficient (Wildman–Crippen LogP) is 4.32. The van der Waals surface area contributed by atoms with Gasteiger partial charge in [-0.1, -0.05) is 35.1 Å². The number of thiazole rings is 1. The van der Waals surface area contributed by atoms with E-state index in [0.29, 0.717) is 27.3 Å². The summed E-state index contributed by atoms with van der Waals surface area (Å²) in [5, 5.41) is 6.33. The highest BCUT2D eigenvalue weighted by molar-refractivity contribution is 7.22. The van der Waals surface area contributed by atoms with Gasteiger partial charge in [-0.15, -0.1) is 0 Å². The first-order valence-corrected chi connectivity index (χ1v) is 7.91. The third-order valence-corrected chi connectivity index (χ3v) is 4.49. The number of nitrogens with one attached hydrogen (secondary N) is 2. The molecule has 0 aliphatic carbocycles. The number of hydrogen-bond donors (Lipinski definition) is 2. The molecule has 0 fully saturated rings. The summed E-state index contributed by atoms with van der Waals surface area (Å²) in [5.74, 6) is 1.35. The number of rotatable bonds is 2. The Morgan fingerprint density at radius 2 is 1.96 bits per heavy atom. The summed E-state index contributed by atoms with van der Waals surface area (Å²) >= 11 is 7.36. The summed E-state index contributed by atoms with van der Waals surface area (Å²) in [6.45, 7) is 0.220. The van der Waals surface area contributed by atoms with Gasteiger partial charge in [0.25, 0.3) is 0 Å². The molecule has 0 bridgehead atoms. The summed E-state index contributed by atoms with van der Waals surface area (Å²) in [6.07, 6.45) is 0. The van der Waals surface area contributed by atoms with Crippen LogP contribution in [0.1, 0.15) is 0 Å². The fourth-order valence-corrected chi connectivity index (χ4v) is 3.24. The summed E-state index contributed by atoms with van der Waals surface area (Å²) in [4.78, 5) is 16.4. The molecular weight excluding hydrogens is 338 g/mol. The molecule has 2 heterocycles. The Morgan fingerprint density at radius 1 is 1.17 bits per heavy atom. The molecule has 0 radical (unpaired) electrons. The topological polar surface area (TPSA) is 72.5 Å². The summed E-state index contributed by atoms with van der Waals surface area (Å²) in [5.41, 5.74) is 1.28. The molecular formula is C15H10ClN3O3S. The average Bonchev–Trinajstić information content (AvgIpc) is 3.12. The summed E-state index contributed by atoms with van der Waals surface area (Å²) < 4.78 is 11.6. The largest absolute Gasteiger partial charge is 0.454 e. The number of hydrogen-bond acceptors (Lipinski definition) is 5. The molecule has 1 aromatic heterocycles. The number of fused-ring (bicyclic) bond motifs is 2. The highest BCUT2D eigenvalue weighted by Gasteiger charge is 2.17. The molecule has 8 heteroatoms. The second-order valence-corrected chi connectivity index (χ2v) is 6.19. The molecule has 2 aromatic carbocycles. The lowest BCUT2D eigenvalue weighted by molar-refractivity contribution is 0.174. The van der Waals surface area contributed by atoms with Crippen LogP contribution < -0.4 is 20.1 Å². The van der Waals surface area contributed by atoms with E-state index in [0.717, 1.165) is 10.2 Å². The van der Waals surface area contributed by atoms with Gasteiger partial charge in [-0.3, -0.25) is 5.32 Å². The highest BCUT2D eigenvalue weighted by atomic mass is 35.5. The van der Waals surface area contributed by atoms with Crippen LogP contribution in [0, 0.1) is 0 Å². The lowest BCUT2D eigenvalue weighted by Gasteiger charge is -2.06. The van der Waals surface area contributed by atoms with Gasteiger partial charge in [0.05, 0.1) is 20.9 Å². The van der Waals surface area contributed by atoms with E-state index in [1.807, 2.05) is 6.07 Å². The maximum Gasteiger partial charge on any atom is 0.325 e. The van der Waals surface area contributed by atoms with Crippen molar-refractivity contribution in [3.8, 4) is 11.5 Å². The number of carbonyl (C=O) groups excluding carboxylic acids is 1. The van der Waals surface area contributed by atoms with Crippen LogP contribution in [-0.4, -0.2) is 17.8 Å². The zero-order valence-electron chi connectivity index (χ0n) is 11.6. The van der Waals surface area contributed by atoms with Crippen LogP contribution in [-0.2, 0) is 0 Å². The first kappa shape index (κ1) is 14.1. The van der Waals surface area contributed by atoms with Gasteiger partial charge in [0.15, 0.2) is 16.6 Å². The van der Waals surface area contributed by atoms with E-state index < -0.39 is 6.03 Å². The van der Waals surface area contributed by atoms with Gasteiger partial charge in [-0.2, -0.15) is 0 Å². The molecule has 4 rings (SSSR count). The number of halogens is 1. The average molecular weight is 348 g/mol. The number of urea groups is 1. The SMILES string of the molecule is O=C(Nc1nc2cc3c(cc2s1)OCO3)Nc1ccccc1Cl. The van der Waals surface area contributed by atoms with Gasteiger partial charge in [0.1, 0.15) is 0 Å². The van der Waals surface area contributed by atoms with E-state index in [1.165, 1.54) is 11.3 Å². The van der Waals surface area contributed by atoms with Crippen molar-refractivity contribution >= 4 is 50.0 Å². The Balaban J connectivity index is 1.53. The zero-order valence-corrected chi connectivity index (χ0v) is 13.2. The van der Waals surface area contributed by atoms with Crippen LogP contribution in [0.3, 0.4) is 0 Å². The third-order valence-electron chi connectivity index (χ3n) is 3.23. The Bertz CT molecular complexity index is 871. The van der Waals surface area contributed by atoms with Gasteiger partial charge in [-0.25, -0.2) is 9.78 Å². The summed E-state index contributed by atoms with van der Waals surface area (Å²) in [6, 6.07) is 10.3. The molecule has 1 aliphatic heterocycles. The first-order chi connectivity index (χ1) is 11.2. The quantitative estimate of drug-likeness (QED) is 0.724. The minimum atomic E-state index is -0.405. The number of benzene rings is 2. The predicted molar refractivity (Wildman–Crippen MR) is 89.8 cm³/mol. The number of ether oxygens (including phenoxy) is 2. The van der Waals surface area contributed by atoms with Crippen molar-refractivity contribution in [1.29, 1.82) is 0 Å². The second-order valence-electron chi connectivity index (χ2n) is 4.75. The number of aromatic nitrogens is 1. The van der Waals surface area contributed by atoms with Crippen LogP contribution >= 0.6 is 22.9 Å². The smallest absolute Gasteiger partial charge is 0.325 e. The molecule has 23 heavy (non-hydrogen) atoms. The molecule has 116 valence electrons. The monoisotopic (exact) mass is 347 g/mol. The molecule has 0 unspecified atom stereocenters.